The molecule has 1 unspecified atom stereocenters. The lowest BCUT2D eigenvalue weighted by Crippen LogP contribution is -2.27. The maximum atomic E-state index is 6.85. The highest BCUT2D eigenvalue weighted by Crippen LogP contribution is 2.53. The van der Waals surface area contributed by atoms with Gasteiger partial charge in [-0.2, -0.15) is 0 Å². The van der Waals surface area contributed by atoms with Crippen LogP contribution in [0, 0.1) is 19.8 Å². The van der Waals surface area contributed by atoms with Crippen molar-refractivity contribution in [2.24, 2.45) is 10.9 Å². The smallest absolute Gasteiger partial charge is 0.156 e. The summed E-state index contributed by atoms with van der Waals surface area (Å²) in [7, 11) is 0. The zero-order valence-corrected chi connectivity index (χ0v) is 24.6. The highest BCUT2D eigenvalue weighted by molar-refractivity contribution is 7.20. The molecule has 1 aliphatic heterocycles. The minimum Gasteiger partial charge on any atom is -0.295 e. The molecule has 1 aromatic heterocycles. The standard InChI is InChI=1S/C37H29ClN2S/c1-23-12-4-8-16-29(23)35-30-17-9-11-19-32(30)40(37(25(3)38)39-31-18-10-5-13-24(31)2)36(35)34-22-28-20-26-14-6-7-15-27(26)21-33(28)41-34/h4-16,18-22,30H,3,17H2,1-2H3. The number of hydrogen-bond acceptors (Lipinski definition) is 2. The maximum Gasteiger partial charge on any atom is 0.156 e. The third-order valence-electron chi connectivity index (χ3n) is 8.07. The second-order valence-electron chi connectivity index (χ2n) is 10.7. The molecule has 1 aliphatic carbocycles. The molecule has 4 aromatic carbocycles. The molecule has 0 fully saturated rings. The quantitative estimate of drug-likeness (QED) is 0.155. The fourth-order valence-corrected chi connectivity index (χ4v) is 7.34. The number of aliphatic imine (C=N–C) groups is 1. The lowest BCUT2D eigenvalue weighted by atomic mass is 9.85. The molecule has 0 spiro atoms. The van der Waals surface area contributed by atoms with Gasteiger partial charge in [-0.05, 0) is 89.0 Å². The summed E-state index contributed by atoms with van der Waals surface area (Å²) in [5, 5.41) is 4.15. The highest BCUT2D eigenvalue weighted by atomic mass is 35.5. The van der Waals surface area contributed by atoms with Gasteiger partial charge in [-0.1, -0.05) is 97.1 Å². The average Bonchev–Trinajstić information content (AvgIpc) is 3.54. The van der Waals surface area contributed by atoms with Crippen LogP contribution >= 0.6 is 22.9 Å². The van der Waals surface area contributed by atoms with Crippen molar-refractivity contribution in [2.75, 3.05) is 0 Å². The van der Waals surface area contributed by atoms with E-state index in [0.717, 1.165) is 23.4 Å². The Morgan fingerprint density at radius 2 is 1.59 bits per heavy atom. The molecule has 0 saturated heterocycles. The van der Waals surface area contributed by atoms with Gasteiger partial charge in [0.15, 0.2) is 5.84 Å². The molecule has 200 valence electrons. The van der Waals surface area contributed by atoms with Crippen LogP contribution in [0.25, 0.3) is 32.1 Å². The van der Waals surface area contributed by atoms with Gasteiger partial charge in [-0.3, -0.25) is 4.90 Å². The van der Waals surface area contributed by atoms with E-state index < -0.39 is 0 Å². The molecule has 4 heteroatoms. The summed E-state index contributed by atoms with van der Waals surface area (Å²) >= 11 is 8.68. The molecular formula is C37H29ClN2S. The van der Waals surface area contributed by atoms with Crippen LogP contribution in [0.4, 0.5) is 5.69 Å². The normalized spacial score (nSPS) is 17.0. The second kappa shape index (κ2) is 10.3. The molecule has 2 nitrogen and oxygen atoms in total. The fourth-order valence-electron chi connectivity index (χ4n) is 6.07. The molecular weight excluding hydrogens is 540 g/mol. The number of benzene rings is 4. The summed E-state index contributed by atoms with van der Waals surface area (Å²) in [5.74, 6) is 0.840. The Hall–Kier alpha value is -4.18. The summed E-state index contributed by atoms with van der Waals surface area (Å²) in [4.78, 5) is 8.65. The molecule has 0 bridgehead atoms. The zero-order valence-electron chi connectivity index (χ0n) is 23.1. The number of nitrogens with zero attached hydrogens (tertiary/aromatic N) is 2. The first kappa shape index (κ1) is 25.8. The minimum atomic E-state index is 0.179. The monoisotopic (exact) mass is 568 g/mol. The highest BCUT2D eigenvalue weighted by Gasteiger charge is 2.41. The zero-order chi connectivity index (χ0) is 28.1. The van der Waals surface area contributed by atoms with Gasteiger partial charge < -0.3 is 0 Å². The Labute approximate surface area is 249 Å². The summed E-state index contributed by atoms with van der Waals surface area (Å²) in [6, 6.07) is 32.4. The number of fused-ring (bicyclic) bond motifs is 3. The van der Waals surface area contributed by atoms with E-state index in [1.165, 1.54) is 48.1 Å². The van der Waals surface area contributed by atoms with Crippen LogP contribution < -0.4 is 0 Å². The van der Waals surface area contributed by atoms with Crippen molar-refractivity contribution in [3.8, 4) is 0 Å². The Morgan fingerprint density at radius 3 is 2.34 bits per heavy atom. The van der Waals surface area contributed by atoms with E-state index in [1.807, 2.05) is 29.5 Å². The minimum absolute atomic E-state index is 0.179. The largest absolute Gasteiger partial charge is 0.295 e. The van der Waals surface area contributed by atoms with Crippen LogP contribution in [0.5, 0.6) is 0 Å². The lowest BCUT2D eigenvalue weighted by Gasteiger charge is -2.27. The SMILES string of the molecule is C=C(Cl)C(=Nc1ccccc1C)N1C2=CC=CCC2C(c2ccccc2C)=C1c1cc2cc3ccccc3cc2s1. The molecule has 1 atom stereocenters. The van der Waals surface area contributed by atoms with Crippen LogP contribution in [-0.4, -0.2) is 10.7 Å². The Balaban J connectivity index is 1.54. The van der Waals surface area contributed by atoms with Crippen molar-refractivity contribution in [3.05, 3.63) is 148 Å². The first-order chi connectivity index (χ1) is 20.0. The number of allylic oxidation sites excluding steroid dienone is 4. The number of para-hydroxylation sites is 1. The van der Waals surface area contributed by atoms with Gasteiger partial charge in [-0.25, -0.2) is 4.99 Å². The number of thiophene rings is 1. The number of aryl methyl sites for hydroxylation is 2. The van der Waals surface area contributed by atoms with Crippen molar-refractivity contribution in [3.63, 3.8) is 0 Å². The van der Waals surface area contributed by atoms with Crippen molar-refractivity contribution in [1.82, 2.24) is 4.90 Å². The molecule has 0 amide bonds. The van der Waals surface area contributed by atoms with Gasteiger partial charge in [0.05, 0.1) is 21.3 Å². The number of rotatable bonds is 4. The summed E-state index contributed by atoms with van der Waals surface area (Å²) in [6.07, 6.45) is 7.54. The van der Waals surface area contributed by atoms with Crippen molar-refractivity contribution >= 4 is 66.6 Å². The lowest BCUT2D eigenvalue weighted by molar-refractivity contribution is 0.638. The summed E-state index contributed by atoms with van der Waals surface area (Å²) < 4.78 is 1.26. The van der Waals surface area contributed by atoms with Crippen LogP contribution in [0.15, 0.2) is 132 Å². The predicted octanol–water partition coefficient (Wildman–Crippen LogP) is 10.8. The van der Waals surface area contributed by atoms with Gasteiger partial charge in [0.2, 0.25) is 0 Å². The van der Waals surface area contributed by atoms with Crippen LogP contribution in [0.1, 0.15) is 28.0 Å². The molecule has 2 aliphatic rings. The van der Waals surface area contributed by atoms with E-state index in [4.69, 9.17) is 16.6 Å². The van der Waals surface area contributed by atoms with E-state index in [1.54, 1.807) is 0 Å². The van der Waals surface area contributed by atoms with E-state index in [-0.39, 0.29) is 5.92 Å². The van der Waals surface area contributed by atoms with Crippen LogP contribution in [-0.2, 0) is 0 Å². The molecule has 0 N–H and O–H groups in total. The van der Waals surface area contributed by atoms with Crippen molar-refractivity contribution in [1.29, 1.82) is 0 Å². The molecule has 5 aromatic rings. The first-order valence-corrected chi connectivity index (χ1v) is 15.1. The Kier molecular flexibility index (Phi) is 6.50. The molecule has 0 radical (unpaired) electrons. The van der Waals surface area contributed by atoms with Gasteiger partial charge in [0, 0.05) is 16.3 Å². The van der Waals surface area contributed by atoms with Gasteiger partial charge >= 0.3 is 0 Å². The number of hydrogen-bond donors (Lipinski definition) is 0. The van der Waals surface area contributed by atoms with E-state index >= 15 is 0 Å². The molecule has 2 heterocycles. The van der Waals surface area contributed by atoms with Gasteiger partial charge in [0.25, 0.3) is 0 Å². The summed E-state index contributed by atoms with van der Waals surface area (Å²) in [5.41, 5.74) is 8.12. The third-order valence-corrected chi connectivity index (χ3v) is 9.34. The maximum absolute atomic E-state index is 6.85. The number of halogens is 1. The van der Waals surface area contributed by atoms with Crippen LogP contribution in [0.3, 0.4) is 0 Å². The van der Waals surface area contributed by atoms with E-state index in [9.17, 15) is 0 Å². The van der Waals surface area contributed by atoms with Gasteiger partial charge in [0.1, 0.15) is 0 Å². The van der Waals surface area contributed by atoms with Crippen LogP contribution in [0.2, 0.25) is 0 Å². The molecule has 0 saturated carbocycles. The number of amidine groups is 1. The average molecular weight is 569 g/mol. The predicted molar refractivity (Wildman–Crippen MR) is 178 cm³/mol. The molecule has 7 rings (SSSR count). The Bertz CT molecular complexity index is 1930. The molecule has 41 heavy (non-hydrogen) atoms. The van der Waals surface area contributed by atoms with E-state index in [0.29, 0.717) is 10.9 Å². The second-order valence-corrected chi connectivity index (χ2v) is 12.2. The first-order valence-electron chi connectivity index (χ1n) is 13.9. The summed E-state index contributed by atoms with van der Waals surface area (Å²) in [6.45, 7) is 8.49. The third kappa shape index (κ3) is 4.46. The Morgan fingerprint density at radius 1 is 0.878 bits per heavy atom. The van der Waals surface area contributed by atoms with Crippen molar-refractivity contribution in [2.45, 2.75) is 20.3 Å². The van der Waals surface area contributed by atoms with Crippen molar-refractivity contribution < 1.29 is 0 Å². The van der Waals surface area contributed by atoms with Gasteiger partial charge in [-0.15, -0.1) is 11.3 Å². The topological polar surface area (TPSA) is 15.6 Å². The fraction of sp³-hybridized carbons (Fsp3) is 0.108. The van der Waals surface area contributed by atoms with E-state index in [2.05, 4.69) is 116 Å².